The van der Waals surface area contributed by atoms with Gasteiger partial charge in [0.1, 0.15) is 6.04 Å². The van der Waals surface area contributed by atoms with E-state index in [1.54, 1.807) is 30.3 Å². The topological polar surface area (TPSA) is 105 Å². The normalized spacial score (nSPS) is 16.8. The van der Waals surface area contributed by atoms with E-state index in [9.17, 15) is 28.3 Å². The van der Waals surface area contributed by atoms with Crippen LogP contribution in [0.15, 0.2) is 30.3 Å². The molecule has 2 atom stereocenters. The molecule has 0 aliphatic carbocycles. The van der Waals surface area contributed by atoms with Crippen molar-refractivity contribution in [3.63, 3.8) is 0 Å². The fraction of sp³-hybridized carbons (Fsp3) is 0.550. The van der Waals surface area contributed by atoms with Crippen molar-refractivity contribution in [2.45, 2.75) is 25.5 Å². The molecule has 1 fully saturated rings. The summed E-state index contributed by atoms with van der Waals surface area (Å²) in [5.41, 5.74) is 0.731. The Hall–Kier alpha value is -2.43. The molecule has 2 rings (SSSR count). The van der Waals surface area contributed by atoms with E-state index in [0.29, 0.717) is 26.3 Å². The molecule has 8 nitrogen and oxygen atoms in total. The smallest absolute Gasteiger partial charge is 0.345 e. The molecule has 2 N–H and O–H groups in total. The minimum Gasteiger partial charge on any atom is -0.481 e. The Balaban J connectivity index is 1.99. The van der Waals surface area contributed by atoms with E-state index in [1.165, 1.54) is 0 Å². The fourth-order valence-corrected chi connectivity index (χ4v) is 3.12. The molecule has 1 amide bonds. The number of carboxylic acid groups (broad SMARTS) is 1. The number of rotatable bonds is 12. The maximum Gasteiger partial charge on any atom is 0.345 e. The Labute approximate surface area is 173 Å². The van der Waals surface area contributed by atoms with E-state index >= 15 is 0 Å². The molecule has 1 aromatic carbocycles. The summed E-state index contributed by atoms with van der Waals surface area (Å²) in [6, 6.07) is 7.41. The first-order chi connectivity index (χ1) is 14.3. The molecule has 1 aliphatic rings. The number of ketones is 1. The lowest BCUT2D eigenvalue weighted by Crippen LogP contribution is -2.50. The van der Waals surface area contributed by atoms with Gasteiger partial charge in [0, 0.05) is 19.5 Å². The molecule has 0 unspecified atom stereocenters. The number of morpholine rings is 1. The Morgan fingerprint density at radius 2 is 1.83 bits per heavy atom. The third-order valence-corrected chi connectivity index (χ3v) is 4.71. The zero-order chi connectivity index (χ0) is 21.9. The number of aliphatic carboxylic acids is 1. The quantitative estimate of drug-likeness (QED) is 0.511. The maximum atomic E-state index is 12.7. The second-order valence-corrected chi connectivity index (χ2v) is 7.00. The fourth-order valence-electron chi connectivity index (χ4n) is 3.12. The predicted octanol–water partition coefficient (Wildman–Crippen LogP) is 0.945. The number of halogens is 2. The van der Waals surface area contributed by atoms with Crippen LogP contribution in [0, 0.1) is 5.92 Å². The predicted molar refractivity (Wildman–Crippen MR) is 102 cm³/mol. The second-order valence-electron chi connectivity index (χ2n) is 7.00. The van der Waals surface area contributed by atoms with Crippen molar-refractivity contribution in [1.29, 1.82) is 0 Å². The van der Waals surface area contributed by atoms with Crippen LogP contribution in [-0.4, -0.2) is 79.8 Å². The summed E-state index contributed by atoms with van der Waals surface area (Å²) in [5, 5.41) is 11.9. The summed E-state index contributed by atoms with van der Waals surface area (Å²) < 4.78 is 34.4. The number of Topliss-reactive ketones (excluding diaryl/α,β-unsaturated/α-hetero) is 1. The SMILES string of the molecule is O=C(CN1CCOCC1)N[C@@H](COC(F)F)C(=O)C[C@@H](Cc1ccccc1)C(=O)O. The first kappa shape index (κ1) is 23.8. The standard InChI is InChI=1S/C20H26F2N2O6/c21-20(22)30-13-16(23-18(26)12-24-6-8-29-9-7-24)17(25)11-15(19(27)28)10-14-4-2-1-3-5-14/h1-5,15-16,20H,6-13H2,(H,23,26)(H,27,28)/t15-,16+/m1/s1. The monoisotopic (exact) mass is 428 g/mol. The number of benzene rings is 1. The Kier molecular flexibility index (Phi) is 9.78. The Bertz CT molecular complexity index is 698. The van der Waals surface area contributed by atoms with Crippen molar-refractivity contribution < 1.29 is 37.7 Å². The third kappa shape index (κ3) is 8.52. The number of ether oxygens (including phenoxy) is 2. The highest BCUT2D eigenvalue weighted by atomic mass is 19.3. The van der Waals surface area contributed by atoms with E-state index in [0.717, 1.165) is 5.56 Å². The van der Waals surface area contributed by atoms with Crippen molar-refractivity contribution in [3.05, 3.63) is 35.9 Å². The third-order valence-electron chi connectivity index (χ3n) is 4.71. The van der Waals surface area contributed by atoms with Crippen LogP contribution >= 0.6 is 0 Å². The number of hydrogen-bond acceptors (Lipinski definition) is 6. The molecule has 1 saturated heterocycles. The Morgan fingerprint density at radius 3 is 2.43 bits per heavy atom. The number of carboxylic acids is 1. The highest BCUT2D eigenvalue weighted by molar-refractivity contribution is 5.92. The molecule has 0 bridgehead atoms. The van der Waals surface area contributed by atoms with Crippen LogP contribution in [-0.2, 0) is 30.3 Å². The summed E-state index contributed by atoms with van der Waals surface area (Å²) in [4.78, 5) is 38.3. The van der Waals surface area contributed by atoms with E-state index in [-0.39, 0.29) is 13.0 Å². The first-order valence-corrected chi connectivity index (χ1v) is 9.63. The van der Waals surface area contributed by atoms with Gasteiger partial charge < -0.3 is 19.9 Å². The van der Waals surface area contributed by atoms with Crippen LogP contribution in [0.3, 0.4) is 0 Å². The molecule has 1 aromatic rings. The maximum absolute atomic E-state index is 12.7. The lowest BCUT2D eigenvalue weighted by Gasteiger charge is -2.27. The summed E-state index contributed by atoms with van der Waals surface area (Å²) in [5.74, 6) is -3.43. The number of carbonyl (C=O) groups is 3. The van der Waals surface area contributed by atoms with Gasteiger partial charge in [-0.05, 0) is 12.0 Å². The minimum atomic E-state index is -3.11. The number of nitrogens with zero attached hydrogens (tertiary/aromatic N) is 1. The zero-order valence-corrected chi connectivity index (χ0v) is 16.5. The van der Waals surface area contributed by atoms with Crippen LogP contribution in [0.2, 0.25) is 0 Å². The average Bonchev–Trinajstić information content (AvgIpc) is 2.71. The minimum absolute atomic E-state index is 0.0196. The van der Waals surface area contributed by atoms with Gasteiger partial charge in [-0.25, -0.2) is 0 Å². The molecule has 166 valence electrons. The molecule has 0 radical (unpaired) electrons. The van der Waals surface area contributed by atoms with E-state index in [4.69, 9.17) is 4.74 Å². The van der Waals surface area contributed by atoms with Crippen LogP contribution in [0.1, 0.15) is 12.0 Å². The van der Waals surface area contributed by atoms with E-state index < -0.39 is 49.3 Å². The van der Waals surface area contributed by atoms with Crippen molar-refractivity contribution >= 4 is 17.7 Å². The van der Waals surface area contributed by atoms with Gasteiger partial charge in [0.05, 0.1) is 32.3 Å². The number of amides is 1. The van der Waals surface area contributed by atoms with Crippen molar-refractivity contribution in [2.75, 3.05) is 39.5 Å². The number of nitrogens with one attached hydrogen (secondary N) is 1. The molecule has 10 heteroatoms. The van der Waals surface area contributed by atoms with Crippen molar-refractivity contribution in [2.24, 2.45) is 5.92 Å². The van der Waals surface area contributed by atoms with Crippen LogP contribution in [0.5, 0.6) is 0 Å². The lowest BCUT2D eigenvalue weighted by atomic mass is 9.92. The summed E-state index contributed by atoms with van der Waals surface area (Å²) >= 11 is 0. The lowest BCUT2D eigenvalue weighted by molar-refractivity contribution is -0.150. The first-order valence-electron chi connectivity index (χ1n) is 9.63. The zero-order valence-electron chi connectivity index (χ0n) is 16.5. The molecular weight excluding hydrogens is 402 g/mol. The van der Waals surface area contributed by atoms with Gasteiger partial charge in [-0.3, -0.25) is 19.3 Å². The van der Waals surface area contributed by atoms with Gasteiger partial charge in [-0.1, -0.05) is 30.3 Å². The molecule has 30 heavy (non-hydrogen) atoms. The largest absolute Gasteiger partial charge is 0.481 e. The van der Waals surface area contributed by atoms with Gasteiger partial charge in [-0.2, -0.15) is 8.78 Å². The van der Waals surface area contributed by atoms with Gasteiger partial charge in [0.2, 0.25) is 5.91 Å². The molecule has 0 saturated carbocycles. The molecule has 0 spiro atoms. The van der Waals surface area contributed by atoms with Crippen LogP contribution < -0.4 is 5.32 Å². The van der Waals surface area contributed by atoms with E-state index in [2.05, 4.69) is 10.1 Å². The van der Waals surface area contributed by atoms with Gasteiger partial charge in [-0.15, -0.1) is 0 Å². The molecule has 0 aromatic heterocycles. The number of carbonyl (C=O) groups excluding carboxylic acids is 2. The molecule has 1 aliphatic heterocycles. The summed E-state index contributed by atoms with van der Waals surface area (Å²) in [6.07, 6.45) is -0.314. The van der Waals surface area contributed by atoms with Crippen molar-refractivity contribution in [1.82, 2.24) is 10.2 Å². The van der Waals surface area contributed by atoms with Crippen molar-refractivity contribution in [3.8, 4) is 0 Å². The Morgan fingerprint density at radius 1 is 1.17 bits per heavy atom. The highest BCUT2D eigenvalue weighted by Gasteiger charge is 2.29. The van der Waals surface area contributed by atoms with Gasteiger partial charge >= 0.3 is 12.6 Å². The summed E-state index contributed by atoms with van der Waals surface area (Å²) in [7, 11) is 0. The average molecular weight is 428 g/mol. The van der Waals surface area contributed by atoms with Crippen LogP contribution in [0.4, 0.5) is 8.78 Å². The van der Waals surface area contributed by atoms with Crippen LogP contribution in [0.25, 0.3) is 0 Å². The van der Waals surface area contributed by atoms with Gasteiger partial charge in [0.25, 0.3) is 0 Å². The number of alkyl halides is 2. The van der Waals surface area contributed by atoms with Gasteiger partial charge in [0.15, 0.2) is 5.78 Å². The second kappa shape index (κ2) is 12.3. The highest BCUT2D eigenvalue weighted by Crippen LogP contribution is 2.15. The molecular formula is C20H26F2N2O6. The van der Waals surface area contributed by atoms with E-state index in [1.807, 2.05) is 4.90 Å². The number of hydrogen-bond donors (Lipinski definition) is 2. The molecule has 1 heterocycles. The summed E-state index contributed by atoms with van der Waals surface area (Å²) in [6.45, 7) is -1.84.